The van der Waals surface area contributed by atoms with Crippen LogP contribution in [0.25, 0.3) is 11.1 Å². The Bertz CT molecular complexity index is 761. The first kappa shape index (κ1) is 13.9. The predicted molar refractivity (Wildman–Crippen MR) is 84.0 cm³/mol. The second-order valence-corrected chi connectivity index (χ2v) is 4.91. The van der Waals surface area contributed by atoms with Crippen molar-refractivity contribution in [1.29, 1.82) is 0 Å². The average molecular weight is 293 g/mol. The van der Waals surface area contributed by atoms with Crippen molar-refractivity contribution in [3.05, 3.63) is 78.0 Å². The number of benzene rings is 2. The quantitative estimate of drug-likeness (QED) is 0.748. The summed E-state index contributed by atoms with van der Waals surface area (Å²) in [6.07, 6.45) is 1.41. The van der Waals surface area contributed by atoms with Crippen molar-refractivity contribution >= 4 is 5.97 Å². The first-order valence-corrected chi connectivity index (χ1v) is 6.91. The molecule has 1 heterocycles. The number of carbonyl (C=O) groups is 1. The summed E-state index contributed by atoms with van der Waals surface area (Å²) in [4.78, 5) is 13.6. The summed E-state index contributed by atoms with van der Waals surface area (Å²) >= 11 is 0. The molecule has 4 nitrogen and oxygen atoms in total. The zero-order valence-corrected chi connectivity index (χ0v) is 11.8. The molecule has 4 heteroatoms. The molecule has 0 saturated carbocycles. The van der Waals surface area contributed by atoms with E-state index in [1.54, 1.807) is 0 Å². The first-order valence-electron chi connectivity index (χ1n) is 6.91. The maximum Gasteiger partial charge on any atom is 0.337 e. The van der Waals surface area contributed by atoms with E-state index in [4.69, 9.17) is 9.84 Å². The Balaban J connectivity index is 1.65. The lowest BCUT2D eigenvalue weighted by Crippen LogP contribution is -1.95. The SMILES string of the molecule is O=C(O)c1c[nH]c(OCc2ccc(-c3ccccc3)cc2)c1. The molecule has 0 aliphatic rings. The number of H-pyrrole nitrogens is 1. The van der Waals surface area contributed by atoms with Crippen LogP contribution in [-0.2, 0) is 6.61 Å². The lowest BCUT2D eigenvalue weighted by molar-refractivity contribution is 0.0697. The molecule has 0 atom stereocenters. The zero-order chi connectivity index (χ0) is 15.4. The Morgan fingerprint density at radius 2 is 1.68 bits per heavy atom. The summed E-state index contributed by atoms with van der Waals surface area (Å²) in [5.41, 5.74) is 3.53. The van der Waals surface area contributed by atoms with E-state index in [1.807, 2.05) is 42.5 Å². The maximum absolute atomic E-state index is 10.8. The van der Waals surface area contributed by atoms with Crippen molar-refractivity contribution in [2.45, 2.75) is 6.61 Å². The molecular formula is C18H15NO3. The van der Waals surface area contributed by atoms with Gasteiger partial charge < -0.3 is 14.8 Å². The Hall–Kier alpha value is -3.01. The molecule has 0 bridgehead atoms. The topological polar surface area (TPSA) is 62.3 Å². The molecule has 0 saturated heterocycles. The average Bonchev–Trinajstić information content (AvgIpc) is 3.04. The number of hydrogen-bond donors (Lipinski definition) is 2. The van der Waals surface area contributed by atoms with E-state index in [1.165, 1.54) is 17.8 Å². The monoisotopic (exact) mass is 293 g/mol. The highest BCUT2D eigenvalue weighted by Gasteiger charge is 2.06. The molecule has 0 spiro atoms. The fraction of sp³-hybridized carbons (Fsp3) is 0.0556. The van der Waals surface area contributed by atoms with Crippen LogP contribution < -0.4 is 4.74 Å². The molecule has 22 heavy (non-hydrogen) atoms. The van der Waals surface area contributed by atoms with Crippen LogP contribution >= 0.6 is 0 Å². The molecule has 0 aliphatic carbocycles. The Morgan fingerprint density at radius 1 is 1.00 bits per heavy atom. The van der Waals surface area contributed by atoms with Gasteiger partial charge in [0.2, 0.25) is 0 Å². The van der Waals surface area contributed by atoms with Gasteiger partial charge in [-0.1, -0.05) is 54.6 Å². The van der Waals surface area contributed by atoms with Gasteiger partial charge in [-0.15, -0.1) is 0 Å². The van der Waals surface area contributed by atoms with E-state index in [-0.39, 0.29) is 5.56 Å². The van der Waals surface area contributed by atoms with Crippen LogP contribution in [0.4, 0.5) is 0 Å². The minimum atomic E-state index is -0.974. The van der Waals surface area contributed by atoms with Crippen LogP contribution in [-0.4, -0.2) is 16.1 Å². The molecule has 2 aromatic carbocycles. The summed E-state index contributed by atoms with van der Waals surface area (Å²) in [5, 5.41) is 8.85. The van der Waals surface area contributed by atoms with Gasteiger partial charge in [-0.2, -0.15) is 0 Å². The second-order valence-electron chi connectivity index (χ2n) is 4.91. The molecule has 0 fully saturated rings. The third-order valence-electron chi connectivity index (χ3n) is 3.36. The Labute approximate surface area is 128 Å². The van der Waals surface area contributed by atoms with Crippen LogP contribution in [0.2, 0.25) is 0 Å². The number of ether oxygens (including phenoxy) is 1. The predicted octanol–water partition coefficient (Wildman–Crippen LogP) is 3.96. The Kier molecular flexibility index (Phi) is 3.92. The minimum Gasteiger partial charge on any atom is -0.478 e. The van der Waals surface area contributed by atoms with Crippen molar-refractivity contribution in [1.82, 2.24) is 4.98 Å². The lowest BCUT2D eigenvalue weighted by Gasteiger charge is -2.06. The number of aromatic nitrogens is 1. The van der Waals surface area contributed by atoms with E-state index < -0.39 is 5.97 Å². The molecule has 0 unspecified atom stereocenters. The number of hydrogen-bond acceptors (Lipinski definition) is 2. The molecule has 0 aliphatic heterocycles. The van der Waals surface area contributed by atoms with Crippen LogP contribution in [0.15, 0.2) is 66.9 Å². The molecule has 2 N–H and O–H groups in total. The molecule has 0 amide bonds. The maximum atomic E-state index is 10.8. The van der Waals surface area contributed by atoms with E-state index in [0.717, 1.165) is 11.1 Å². The number of carboxylic acid groups (broad SMARTS) is 1. The lowest BCUT2D eigenvalue weighted by atomic mass is 10.0. The molecule has 0 radical (unpaired) electrons. The zero-order valence-electron chi connectivity index (χ0n) is 11.8. The summed E-state index contributed by atoms with van der Waals surface area (Å²) in [5.74, 6) is -0.525. The van der Waals surface area contributed by atoms with Gasteiger partial charge in [-0.05, 0) is 16.7 Å². The van der Waals surface area contributed by atoms with Crippen molar-refractivity contribution in [3.8, 4) is 17.0 Å². The first-order chi connectivity index (χ1) is 10.7. The van der Waals surface area contributed by atoms with E-state index in [0.29, 0.717) is 12.5 Å². The smallest absolute Gasteiger partial charge is 0.337 e. The van der Waals surface area contributed by atoms with Gasteiger partial charge >= 0.3 is 5.97 Å². The van der Waals surface area contributed by atoms with Gasteiger partial charge in [-0.25, -0.2) is 4.79 Å². The van der Waals surface area contributed by atoms with Crippen molar-refractivity contribution in [3.63, 3.8) is 0 Å². The number of carboxylic acids is 1. The van der Waals surface area contributed by atoms with Gasteiger partial charge in [0.15, 0.2) is 5.88 Å². The molecule has 3 aromatic rings. The number of nitrogens with one attached hydrogen (secondary N) is 1. The highest BCUT2D eigenvalue weighted by molar-refractivity contribution is 5.87. The van der Waals surface area contributed by atoms with Gasteiger partial charge in [-0.3, -0.25) is 0 Å². The highest BCUT2D eigenvalue weighted by atomic mass is 16.5. The summed E-state index contributed by atoms with van der Waals surface area (Å²) in [6, 6.07) is 19.7. The summed E-state index contributed by atoms with van der Waals surface area (Å²) < 4.78 is 5.55. The van der Waals surface area contributed by atoms with E-state index >= 15 is 0 Å². The summed E-state index contributed by atoms with van der Waals surface area (Å²) in [6.45, 7) is 0.384. The molecule has 3 rings (SSSR count). The number of aromatic carboxylic acids is 1. The fourth-order valence-electron chi connectivity index (χ4n) is 2.17. The summed E-state index contributed by atoms with van der Waals surface area (Å²) in [7, 11) is 0. The number of aromatic amines is 1. The van der Waals surface area contributed by atoms with Crippen LogP contribution in [0.5, 0.6) is 5.88 Å². The van der Waals surface area contributed by atoms with Crippen LogP contribution in [0.3, 0.4) is 0 Å². The van der Waals surface area contributed by atoms with Crippen LogP contribution in [0.1, 0.15) is 15.9 Å². The van der Waals surface area contributed by atoms with Crippen molar-refractivity contribution in [2.75, 3.05) is 0 Å². The van der Waals surface area contributed by atoms with Crippen LogP contribution in [0, 0.1) is 0 Å². The van der Waals surface area contributed by atoms with Gasteiger partial charge in [0.25, 0.3) is 0 Å². The van der Waals surface area contributed by atoms with E-state index in [2.05, 4.69) is 17.1 Å². The van der Waals surface area contributed by atoms with Crippen molar-refractivity contribution < 1.29 is 14.6 Å². The van der Waals surface area contributed by atoms with Gasteiger partial charge in [0.05, 0.1) is 5.56 Å². The van der Waals surface area contributed by atoms with E-state index in [9.17, 15) is 4.79 Å². The Morgan fingerprint density at radius 3 is 2.32 bits per heavy atom. The number of rotatable bonds is 5. The highest BCUT2D eigenvalue weighted by Crippen LogP contribution is 2.20. The van der Waals surface area contributed by atoms with Gasteiger partial charge in [0.1, 0.15) is 6.61 Å². The molecular weight excluding hydrogens is 278 g/mol. The minimum absolute atomic E-state index is 0.189. The van der Waals surface area contributed by atoms with Crippen molar-refractivity contribution in [2.24, 2.45) is 0 Å². The fourth-order valence-corrected chi connectivity index (χ4v) is 2.17. The standard InChI is InChI=1S/C18H15NO3/c20-18(21)16-10-17(19-11-16)22-12-13-6-8-15(9-7-13)14-4-2-1-3-5-14/h1-11,19H,12H2,(H,20,21). The third kappa shape index (κ3) is 3.17. The largest absolute Gasteiger partial charge is 0.478 e. The third-order valence-corrected chi connectivity index (χ3v) is 3.36. The normalized spacial score (nSPS) is 10.4. The molecule has 1 aromatic heterocycles. The van der Waals surface area contributed by atoms with Gasteiger partial charge in [0, 0.05) is 12.3 Å². The molecule has 110 valence electrons. The second kappa shape index (κ2) is 6.18.